The standard InChI is InChI=1S/C19H16ClN5OS.C2HF3O2/c1-21-19-23-11-15(27-19)17-24-16(14-4-2-3-9-25(14)17)18(26)22-10-12-5-7-13(20)8-6-12;3-2(4,5)1(6)7/h2-9,11H,10H2,1H3,(H,21,23)(H,22,26);(H,6,7). The first kappa shape index (κ1) is 25.0. The molecule has 0 radical (unpaired) electrons. The molecular weight excluding hydrogens is 495 g/mol. The fourth-order valence-electron chi connectivity index (χ4n) is 2.74. The number of carboxylic acid groups (broad SMARTS) is 1. The summed E-state index contributed by atoms with van der Waals surface area (Å²) in [5.74, 6) is -2.29. The van der Waals surface area contributed by atoms with Gasteiger partial charge < -0.3 is 15.7 Å². The summed E-state index contributed by atoms with van der Waals surface area (Å²) < 4.78 is 33.6. The molecule has 0 spiro atoms. The number of halogens is 4. The van der Waals surface area contributed by atoms with Gasteiger partial charge in [0.15, 0.2) is 16.6 Å². The summed E-state index contributed by atoms with van der Waals surface area (Å²) in [6.07, 6.45) is -1.43. The lowest BCUT2D eigenvalue weighted by Crippen LogP contribution is -2.23. The molecule has 3 aromatic heterocycles. The van der Waals surface area contributed by atoms with E-state index in [9.17, 15) is 18.0 Å². The van der Waals surface area contributed by atoms with Crippen molar-refractivity contribution in [1.29, 1.82) is 0 Å². The van der Waals surface area contributed by atoms with Crippen molar-refractivity contribution in [3.63, 3.8) is 0 Å². The summed E-state index contributed by atoms with van der Waals surface area (Å²) in [5.41, 5.74) is 2.11. The molecule has 0 fully saturated rings. The molecule has 1 amide bonds. The van der Waals surface area contributed by atoms with Crippen molar-refractivity contribution in [1.82, 2.24) is 19.7 Å². The smallest absolute Gasteiger partial charge is 0.475 e. The quantitative estimate of drug-likeness (QED) is 0.358. The second-order valence-electron chi connectivity index (χ2n) is 6.63. The average Bonchev–Trinajstić information content (AvgIpc) is 3.43. The number of rotatable bonds is 5. The van der Waals surface area contributed by atoms with Gasteiger partial charge >= 0.3 is 12.1 Å². The zero-order chi connectivity index (χ0) is 24.9. The van der Waals surface area contributed by atoms with E-state index in [1.54, 1.807) is 18.3 Å². The van der Waals surface area contributed by atoms with Gasteiger partial charge in [-0.05, 0) is 29.8 Å². The first-order chi connectivity index (χ1) is 16.1. The van der Waals surface area contributed by atoms with Crippen molar-refractivity contribution >= 4 is 45.5 Å². The number of alkyl halides is 3. The number of imidazole rings is 1. The normalized spacial score (nSPS) is 11.0. The zero-order valence-corrected chi connectivity index (χ0v) is 19.0. The number of fused-ring (bicyclic) bond motifs is 1. The minimum absolute atomic E-state index is 0.224. The van der Waals surface area contributed by atoms with Gasteiger partial charge in [-0.15, -0.1) is 0 Å². The molecule has 178 valence electrons. The van der Waals surface area contributed by atoms with Gasteiger partial charge in [-0.2, -0.15) is 13.2 Å². The first-order valence-corrected chi connectivity index (χ1v) is 10.7. The molecule has 3 heterocycles. The van der Waals surface area contributed by atoms with Crippen LogP contribution in [0.3, 0.4) is 0 Å². The summed E-state index contributed by atoms with van der Waals surface area (Å²) >= 11 is 7.39. The Hall–Kier alpha value is -3.64. The topological polar surface area (TPSA) is 109 Å². The van der Waals surface area contributed by atoms with E-state index >= 15 is 0 Å². The van der Waals surface area contributed by atoms with Crippen molar-refractivity contribution in [2.24, 2.45) is 0 Å². The number of hydrogen-bond donors (Lipinski definition) is 3. The van der Waals surface area contributed by atoms with E-state index in [2.05, 4.69) is 20.6 Å². The van der Waals surface area contributed by atoms with Gasteiger partial charge in [-0.25, -0.2) is 14.8 Å². The summed E-state index contributed by atoms with van der Waals surface area (Å²) in [6.45, 7) is 0.404. The van der Waals surface area contributed by atoms with Crippen molar-refractivity contribution in [3.05, 3.63) is 71.1 Å². The third kappa shape index (κ3) is 6.02. The van der Waals surface area contributed by atoms with Crippen molar-refractivity contribution in [2.75, 3.05) is 12.4 Å². The molecule has 3 N–H and O–H groups in total. The molecule has 0 bridgehead atoms. The van der Waals surface area contributed by atoms with Crippen LogP contribution in [0.5, 0.6) is 0 Å². The van der Waals surface area contributed by atoms with E-state index in [0.29, 0.717) is 23.1 Å². The highest BCUT2D eigenvalue weighted by molar-refractivity contribution is 7.18. The van der Waals surface area contributed by atoms with Crippen LogP contribution in [0.2, 0.25) is 5.02 Å². The molecule has 0 saturated carbocycles. The molecule has 0 atom stereocenters. The lowest BCUT2D eigenvalue weighted by Gasteiger charge is -2.04. The first-order valence-electron chi connectivity index (χ1n) is 9.54. The van der Waals surface area contributed by atoms with Crippen LogP contribution < -0.4 is 10.6 Å². The number of anilines is 1. The second-order valence-corrected chi connectivity index (χ2v) is 8.10. The SMILES string of the molecule is CNc1ncc(-c2nc(C(=O)NCc3ccc(Cl)cc3)c3ccccn23)s1.O=C(O)C(F)(F)F. The predicted molar refractivity (Wildman–Crippen MR) is 122 cm³/mol. The molecule has 0 aliphatic heterocycles. The summed E-state index contributed by atoms with van der Waals surface area (Å²) in [6, 6.07) is 13.1. The van der Waals surface area contributed by atoms with Gasteiger partial charge in [0.25, 0.3) is 5.91 Å². The van der Waals surface area contributed by atoms with Crippen LogP contribution in [0, 0.1) is 0 Å². The number of carboxylic acids is 1. The van der Waals surface area contributed by atoms with E-state index < -0.39 is 12.1 Å². The Morgan fingerprint density at radius 2 is 1.85 bits per heavy atom. The lowest BCUT2D eigenvalue weighted by atomic mass is 10.2. The highest BCUT2D eigenvalue weighted by Gasteiger charge is 2.38. The molecule has 34 heavy (non-hydrogen) atoms. The van der Waals surface area contributed by atoms with Crippen LogP contribution in [0.15, 0.2) is 54.9 Å². The van der Waals surface area contributed by atoms with E-state index in [4.69, 9.17) is 21.5 Å². The van der Waals surface area contributed by atoms with Crippen molar-refractivity contribution in [2.45, 2.75) is 12.7 Å². The minimum atomic E-state index is -5.08. The van der Waals surface area contributed by atoms with E-state index in [1.165, 1.54) is 11.3 Å². The Kier molecular flexibility index (Phi) is 7.74. The fraction of sp³-hybridized carbons (Fsp3) is 0.143. The second kappa shape index (κ2) is 10.5. The minimum Gasteiger partial charge on any atom is -0.475 e. The third-order valence-corrected chi connectivity index (χ3v) is 5.57. The Morgan fingerprint density at radius 1 is 1.18 bits per heavy atom. The molecule has 1 aromatic carbocycles. The van der Waals surface area contributed by atoms with Crippen LogP contribution >= 0.6 is 22.9 Å². The molecule has 0 unspecified atom stereocenters. The number of thiazole rings is 1. The summed E-state index contributed by atoms with van der Waals surface area (Å²) in [4.78, 5) is 31.5. The van der Waals surface area contributed by atoms with Gasteiger partial charge in [-0.3, -0.25) is 9.20 Å². The Morgan fingerprint density at radius 3 is 2.44 bits per heavy atom. The Bertz CT molecular complexity index is 1310. The average molecular weight is 512 g/mol. The van der Waals surface area contributed by atoms with Crippen LogP contribution in [0.25, 0.3) is 16.2 Å². The Balaban J connectivity index is 0.000000406. The highest BCUT2D eigenvalue weighted by Crippen LogP contribution is 2.29. The molecule has 13 heteroatoms. The maximum absolute atomic E-state index is 12.8. The van der Waals surface area contributed by atoms with Gasteiger partial charge in [0.1, 0.15) is 0 Å². The van der Waals surface area contributed by atoms with E-state index in [-0.39, 0.29) is 5.91 Å². The summed E-state index contributed by atoms with van der Waals surface area (Å²) in [7, 11) is 1.82. The number of nitrogens with zero attached hydrogens (tertiary/aromatic N) is 3. The number of hydrogen-bond acceptors (Lipinski definition) is 6. The van der Waals surface area contributed by atoms with Crippen LogP contribution in [0.4, 0.5) is 18.3 Å². The zero-order valence-electron chi connectivity index (χ0n) is 17.4. The molecule has 4 aromatic rings. The summed E-state index contributed by atoms with van der Waals surface area (Å²) in [5, 5.41) is 14.5. The lowest BCUT2D eigenvalue weighted by molar-refractivity contribution is -0.192. The number of aromatic nitrogens is 3. The van der Waals surface area contributed by atoms with Crippen LogP contribution in [-0.2, 0) is 11.3 Å². The molecule has 0 aliphatic carbocycles. The molecular formula is C21H17ClF3N5O3S. The van der Waals surface area contributed by atoms with Gasteiger partial charge in [0, 0.05) is 24.8 Å². The third-order valence-electron chi connectivity index (χ3n) is 4.31. The number of pyridine rings is 1. The maximum Gasteiger partial charge on any atom is 0.490 e. The number of aliphatic carboxylic acids is 1. The van der Waals surface area contributed by atoms with Crippen molar-refractivity contribution in [3.8, 4) is 10.7 Å². The number of benzene rings is 1. The van der Waals surface area contributed by atoms with Gasteiger partial charge in [0.2, 0.25) is 0 Å². The number of nitrogens with one attached hydrogen (secondary N) is 2. The number of carbonyl (C=O) groups is 2. The van der Waals surface area contributed by atoms with Gasteiger partial charge in [-0.1, -0.05) is 41.1 Å². The maximum atomic E-state index is 12.8. The Labute approximate surface area is 200 Å². The monoisotopic (exact) mass is 511 g/mol. The fourth-order valence-corrected chi connectivity index (χ4v) is 3.62. The number of amides is 1. The molecule has 0 aliphatic rings. The largest absolute Gasteiger partial charge is 0.490 e. The van der Waals surface area contributed by atoms with E-state index in [1.807, 2.05) is 48.0 Å². The van der Waals surface area contributed by atoms with Crippen LogP contribution in [-0.4, -0.2) is 44.6 Å². The number of carbonyl (C=O) groups excluding carboxylic acids is 1. The van der Waals surface area contributed by atoms with Crippen LogP contribution in [0.1, 0.15) is 16.1 Å². The van der Waals surface area contributed by atoms with Crippen molar-refractivity contribution < 1.29 is 27.9 Å². The molecule has 0 saturated heterocycles. The van der Waals surface area contributed by atoms with Gasteiger partial charge in [0.05, 0.1) is 16.6 Å². The molecule has 4 rings (SSSR count). The highest BCUT2D eigenvalue weighted by atomic mass is 35.5. The van der Waals surface area contributed by atoms with E-state index in [0.717, 1.165) is 21.1 Å². The predicted octanol–water partition coefficient (Wildman–Crippen LogP) is 4.72. The molecule has 8 nitrogen and oxygen atoms in total.